The smallest absolute Gasteiger partial charge is 0.336 e. The molecule has 1 aliphatic carbocycles. The predicted octanol–water partition coefficient (Wildman–Crippen LogP) is 7.02. The highest BCUT2D eigenvalue weighted by molar-refractivity contribution is 7.95. The number of rotatable bonds is 6. The van der Waals surface area contributed by atoms with E-state index in [2.05, 4.69) is 4.74 Å². The molecule has 0 spiro atoms. The topological polar surface area (TPSA) is 74.7 Å². The summed E-state index contributed by atoms with van der Waals surface area (Å²) in [6.07, 6.45) is 7.09. The number of benzene rings is 1. The van der Waals surface area contributed by atoms with Crippen LogP contribution < -0.4 is 15.5 Å². The number of hydrogen-bond acceptors (Lipinski definition) is 6. The lowest BCUT2D eigenvalue weighted by Crippen LogP contribution is -2.27. The van der Waals surface area contributed by atoms with Crippen LogP contribution in [0.5, 0.6) is 5.75 Å². The molecule has 3 rings (SSSR count). The van der Waals surface area contributed by atoms with Gasteiger partial charge in [0.25, 0.3) is 0 Å². The molecular weight excluding hydrogens is 448 g/mol. The zero-order valence-corrected chi connectivity index (χ0v) is 22.0. The summed E-state index contributed by atoms with van der Waals surface area (Å²) in [7, 11) is 3.25. The molecule has 1 aromatic heterocycles. The number of fused-ring (bicyclic) bond motifs is 1. The highest BCUT2D eigenvalue weighted by Gasteiger charge is 2.21. The van der Waals surface area contributed by atoms with Gasteiger partial charge in [-0.2, -0.15) is 4.39 Å². The molecule has 2 aromatic rings. The summed E-state index contributed by atoms with van der Waals surface area (Å²) in [5.41, 5.74) is 5.59. The Morgan fingerprint density at radius 3 is 2.27 bits per heavy atom. The van der Waals surface area contributed by atoms with E-state index < -0.39 is 23.0 Å². The molecule has 0 radical (unpaired) electrons. The molecule has 0 aliphatic heterocycles. The summed E-state index contributed by atoms with van der Waals surface area (Å²) < 4.78 is 43.1. The molecule has 1 unspecified atom stereocenters. The monoisotopic (exact) mass is 489 g/mol. The fourth-order valence-corrected chi connectivity index (χ4v) is 4.19. The Bertz CT molecular complexity index is 854. The maximum atomic E-state index is 14.5. The van der Waals surface area contributed by atoms with Crippen LogP contribution in [0.15, 0.2) is 21.3 Å². The van der Waals surface area contributed by atoms with Crippen molar-refractivity contribution in [3.63, 3.8) is 0 Å². The Labute approximate surface area is 201 Å². The second-order valence-corrected chi connectivity index (χ2v) is 8.14. The molecule has 1 heterocycles. The third-order valence-corrected chi connectivity index (χ3v) is 5.73. The van der Waals surface area contributed by atoms with E-state index in [1.807, 2.05) is 27.7 Å². The van der Waals surface area contributed by atoms with Crippen LogP contribution >= 0.6 is 12.0 Å². The highest BCUT2D eigenvalue weighted by atomic mass is 32.2. The molecule has 1 aliphatic rings. The second kappa shape index (κ2) is 17.8. The molecule has 2 N–H and O–H groups in total. The minimum atomic E-state index is -1.01. The van der Waals surface area contributed by atoms with Crippen molar-refractivity contribution in [2.24, 2.45) is 11.7 Å². The molecule has 1 atom stereocenters. The number of methoxy groups -OCH3 is 1. The van der Waals surface area contributed by atoms with E-state index in [9.17, 15) is 13.6 Å². The van der Waals surface area contributed by atoms with Gasteiger partial charge in [0, 0.05) is 37.5 Å². The zero-order valence-electron chi connectivity index (χ0n) is 21.1. The molecule has 5 nitrogen and oxygen atoms in total. The largest absolute Gasteiger partial charge is 0.419 e. The standard InChI is InChI=1S/C19H23F2NO3S.C2H6O.2C2H6/c1-11-7-16(23)24-18-14(11)9-15(20)19(17(18)21)25-26-10-13(22)8-12-5-3-2-4-6-12;1-3-2;2*1-2/h7,9,12-13H,2-6,8,10,22H2,1H3;1-2H3;2*1-2H3. The van der Waals surface area contributed by atoms with Gasteiger partial charge in [0.15, 0.2) is 11.4 Å². The van der Waals surface area contributed by atoms with Crippen LogP contribution in [0.4, 0.5) is 8.78 Å². The number of aryl methyl sites for hydroxylation is 1. The summed E-state index contributed by atoms with van der Waals surface area (Å²) in [6, 6.07) is 2.23. The van der Waals surface area contributed by atoms with Gasteiger partial charge in [-0.1, -0.05) is 59.8 Å². The predicted molar refractivity (Wildman–Crippen MR) is 135 cm³/mol. The van der Waals surface area contributed by atoms with E-state index in [-0.39, 0.29) is 17.0 Å². The quantitative estimate of drug-likeness (QED) is 0.347. The van der Waals surface area contributed by atoms with Gasteiger partial charge < -0.3 is 19.1 Å². The zero-order chi connectivity index (χ0) is 25.4. The molecule has 0 amide bonds. The maximum absolute atomic E-state index is 14.5. The van der Waals surface area contributed by atoms with Gasteiger partial charge in [-0.15, -0.1) is 0 Å². The van der Waals surface area contributed by atoms with Gasteiger partial charge >= 0.3 is 5.63 Å². The minimum absolute atomic E-state index is 0.0881. The van der Waals surface area contributed by atoms with Crippen LogP contribution in [0, 0.1) is 24.5 Å². The van der Waals surface area contributed by atoms with Crippen molar-refractivity contribution in [1.29, 1.82) is 0 Å². The summed E-state index contributed by atoms with van der Waals surface area (Å²) in [5, 5.41) is 0.214. The van der Waals surface area contributed by atoms with Crippen molar-refractivity contribution >= 4 is 23.0 Å². The third-order valence-electron chi connectivity index (χ3n) is 4.88. The number of ether oxygens (including phenoxy) is 1. The molecule has 1 fully saturated rings. The van der Waals surface area contributed by atoms with Gasteiger partial charge in [-0.25, -0.2) is 9.18 Å². The fourth-order valence-electron chi connectivity index (χ4n) is 3.54. The van der Waals surface area contributed by atoms with Crippen molar-refractivity contribution in [3.8, 4) is 5.75 Å². The Hall–Kier alpha value is -1.64. The van der Waals surface area contributed by atoms with Crippen LogP contribution in [0.2, 0.25) is 0 Å². The summed E-state index contributed by atoms with van der Waals surface area (Å²) in [6.45, 7) is 9.59. The van der Waals surface area contributed by atoms with Gasteiger partial charge in [0.2, 0.25) is 11.6 Å². The Balaban J connectivity index is 0.00000132. The van der Waals surface area contributed by atoms with Crippen LogP contribution in [0.1, 0.15) is 71.8 Å². The molecule has 0 saturated heterocycles. The van der Waals surface area contributed by atoms with Crippen LogP contribution in [0.25, 0.3) is 11.0 Å². The van der Waals surface area contributed by atoms with Crippen molar-refractivity contribution in [2.45, 2.75) is 79.2 Å². The van der Waals surface area contributed by atoms with Crippen LogP contribution in [-0.4, -0.2) is 26.0 Å². The van der Waals surface area contributed by atoms with Crippen molar-refractivity contribution in [1.82, 2.24) is 0 Å². The fraction of sp³-hybridized carbons (Fsp3) is 0.640. The molecule has 33 heavy (non-hydrogen) atoms. The molecular formula is C25H41F2NO4S. The van der Waals surface area contributed by atoms with Gasteiger partial charge in [-0.3, -0.25) is 0 Å². The molecule has 0 bridgehead atoms. The Morgan fingerprint density at radius 1 is 1.12 bits per heavy atom. The Morgan fingerprint density at radius 2 is 1.70 bits per heavy atom. The number of halogens is 2. The number of nitrogens with two attached hydrogens (primary N) is 1. The van der Waals surface area contributed by atoms with Gasteiger partial charge in [0.1, 0.15) is 0 Å². The molecule has 190 valence electrons. The first kappa shape index (κ1) is 31.4. The van der Waals surface area contributed by atoms with E-state index in [0.717, 1.165) is 24.5 Å². The summed E-state index contributed by atoms with van der Waals surface area (Å²) in [4.78, 5) is 11.5. The van der Waals surface area contributed by atoms with E-state index >= 15 is 0 Å². The van der Waals surface area contributed by atoms with E-state index in [4.69, 9.17) is 14.3 Å². The first-order chi connectivity index (χ1) is 15.9. The normalized spacial score (nSPS) is 14.1. The first-order valence-corrected chi connectivity index (χ1v) is 12.7. The van der Waals surface area contributed by atoms with Gasteiger partial charge in [-0.05, 0) is 30.9 Å². The molecule has 1 saturated carbocycles. The number of hydrogen-bond donors (Lipinski definition) is 1. The average molecular weight is 490 g/mol. The molecule has 1 aromatic carbocycles. The minimum Gasteiger partial charge on any atom is -0.419 e. The summed E-state index contributed by atoms with van der Waals surface area (Å²) in [5.74, 6) is -1.33. The lowest BCUT2D eigenvalue weighted by molar-refractivity contribution is 0.277. The lowest BCUT2D eigenvalue weighted by atomic mass is 9.85. The van der Waals surface area contributed by atoms with Crippen molar-refractivity contribution in [2.75, 3.05) is 20.0 Å². The van der Waals surface area contributed by atoms with Crippen LogP contribution in [-0.2, 0) is 4.74 Å². The van der Waals surface area contributed by atoms with Gasteiger partial charge in [0.05, 0.1) is 12.0 Å². The third kappa shape index (κ3) is 10.4. The average Bonchev–Trinajstić information content (AvgIpc) is 2.81. The van der Waals surface area contributed by atoms with Crippen molar-refractivity contribution in [3.05, 3.63) is 39.8 Å². The van der Waals surface area contributed by atoms with Crippen molar-refractivity contribution < 1.29 is 22.1 Å². The molecule has 8 heteroatoms. The van der Waals surface area contributed by atoms with E-state index in [0.29, 0.717) is 17.2 Å². The van der Waals surface area contributed by atoms with Crippen LogP contribution in [0.3, 0.4) is 0 Å². The SMILES string of the molecule is CC.CC.COC.Cc1cc(=O)oc2c(F)c(OSCC(N)CC3CCCCC3)c(F)cc12. The lowest BCUT2D eigenvalue weighted by Gasteiger charge is -2.24. The van der Waals surface area contributed by atoms with E-state index in [1.54, 1.807) is 21.1 Å². The maximum Gasteiger partial charge on any atom is 0.336 e. The first-order valence-electron chi connectivity index (χ1n) is 11.7. The van der Waals surface area contributed by atoms with E-state index in [1.165, 1.54) is 38.2 Å². The Kier molecular flexibility index (Phi) is 16.9. The second-order valence-electron chi connectivity index (χ2n) is 7.40. The highest BCUT2D eigenvalue weighted by Crippen LogP contribution is 2.33. The summed E-state index contributed by atoms with van der Waals surface area (Å²) >= 11 is 0.924.